The van der Waals surface area contributed by atoms with E-state index < -0.39 is 40.2 Å². The number of aliphatic hydroxyl groups is 2. The van der Waals surface area contributed by atoms with Crippen LogP contribution in [0, 0.1) is 0 Å². The van der Waals surface area contributed by atoms with Crippen LogP contribution in [-0.2, 0) is 20.0 Å². The number of thiophene rings is 1. The van der Waals surface area contributed by atoms with Crippen LogP contribution < -0.4 is 15.4 Å². The second-order valence-electron chi connectivity index (χ2n) is 9.52. The van der Waals surface area contributed by atoms with E-state index in [4.69, 9.17) is 15.8 Å². The van der Waals surface area contributed by atoms with Gasteiger partial charge in [-0.3, -0.25) is 8.98 Å². The predicted octanol–water partition coefficient (Wildman–Crippen LogP) is 1.80. The third-order valence-corrected chi connectivity index (χ3v) is 9.36. The number of anilines is 1. The molecule has 2 aliphatic rings. The van der Waals surface area contributed by atoms with Crippen molar-refractivity contribution in [2.24, 2.45) is 0 Å². The highest BCUT2D eigenvalue weighted by atomic mass is 35.5. The summed E-state index contributed by atoms with van der Waals surface area (Å²) in [6, 6.07) is 8.74. The molecule has 5 atom stereocenters. The third-order valence-electron chi connectivity index (χ3n) is 7.20. The molecule has 11 nitrogen and oxygen atoms in total. The highest BCUT2D eigenvalue weighted by Gasteiger charge is 2.45. The van der Waals surface area contributed by atoms with E-state index in [0.29, 0.717) is 9.90 Å². The van der Waals surface area contributed by atoms with Gasteiger partial charge < -0.3 is 20.8 Å². The van der Waals surface area contributed by atoms with Crippen molar-refractivity contribution < 1.29 is 27.6 Å². The number of rotatable bonds is 9. The first-order valence-electron chi connectivity index (χ1n) is 12.3. The minimum atomic E-state index is -4.09. The molecule has 5 rings (SSSR count). The molecule has 0 radical (unpaired) electrons. The predicted molar refractivity (Wildman–Crippen MR) is 146 cm³/mol. The summed E-state index contributed by atoms with van der Waals surface area (Å²) in [5.41, 5.74) is 1.71. The van der Waals surface area contributed by atoms with Gasteiger partial charge in [0.05, 0.1) is 22.0 Å². The first-order chi connectivity index (χ1) is 18.6. The quantitative estimate of drug-likeness (QED) is 0.231. The van der Waals surface area contributed by atoms with Crippen LogP contribution in [0.5, 0.6) is 0 Å². The second-order valence-corrected chi connectivity index (χ2v) is 12.4. The van der Waals surface area contributed by atoms with Gasteiger partial charge in [0.15, 0.2) is 0 Å². The summed E-state index contributed by atoms with van der Waals surface area (Å²) in [6.45, 7) is 0.835. The van der Waals surface area contributed by atoms with Gasteiger partial charge in [-0.1, -0.05) is 23.7 Å². The molecule has 1 aromatic carbocycles. The molecule has 2 fully saturated rings. The summed E-state index contributed by atoms with van der Waals surface area (Å²) >= 11 is 7.60. The Morgan fingerprint density at radius 1 is 1.26 bits per heavy atom. The standard InChI is InChI=1S/C25H28ClN5O6S2/c1-27-39(35,36)37-19-10-18(22(33)23(19)34)31-24-17(11-28-13-29-24)21(32)20-9-15(12-38-20)25(6-3-7-30-25)14-4-2-5-16(26)8-14/h2,4-5,8-9,11-13,18-19,22-23,27,30,33-34H,3,6-7,10H2,1H3,(H,28,29,31)/t18-,19-,22+,23+,25-/m1/s1. The molecule has 3 aromatic rings. The van der Waals surface area contributed by atoms with Gasteiger partial charge in [-0.25, -0.2) is 9.97 Å². The Labute approximate surface area is 234 Å². The molecule has 0 spiro atoms. The normalized spacial score (nSPS) is 27.1. The van der Waals surface area contributed by atoms with E-state index in [1.165, 1.54) is 30.9 Å². The molecule has 2 aromatic heterocycles. The maximum atomic E-state index is 13.6. The van der Waals surface area contributed by atoms with Crippen molar-refractivity contribution in [2.75, 3.05) is 18.9 Å². The molecule has 1 aliphatic carbocycles. The topological polar surface area (TPSA) is 163 Å². The van der Waals surface area contributed by atoms with Gasteiger partial charge >= 0.3 is 10.3 Å². The van der Waals surface area contributed by atoms with Crippen LogP contribution in [0.1, 0.15) is 45.6 Å². The minimum Gasteiger partial charge on any atom is -0.388 e. The Morgan fingerprint density at radius 3 is 2.79 bits per heavy atom. The molecule has 1 aliphatic heterocycles. The van der Waals surface area contributed by atoms with Crippen molar-refractivity contribution in [2.45, 2.75) is 49.2 Å². The lowest BCUT2D eigenvalue weighted by Gasteiger charge is -2.30. The number of halogens is 1. The SMILES string of the molecule is CNS(=O)(=O)O[C@@H]1C[C@@H](Nc2ncncc2C(=O)c2cc([C@]3(c4cccc(Cl)c4)CCCN3)cs2)[C@H](O)[C@H]1O. The zero-order valence-electron chi connectivity index (χ0n) is 20.9. The number of aromatic nitrogens is 2. The third kappa shape index (κ3) is 5.58. The monoisotopic (exact) mass is 593 g/mol. The van der Waals surface area contributed by atoms with Crippen molar-refractivity contribution in [3.63, 3.8) is 0 Å². The minimum absolute atomic E-state index is 0.0438. The molecule has 0 unspecified atom stereocenters. The molecule has 1 saturated carbocycles. The van der Waals surface area contributed by atoms with E-state index >= 15 is 0 Å². The van der Waals surface area contributed by atoms with Crippen molar-refractivity contribution in [3.8, 4) is 0 Å². The van der Waals surface area contributed by atoms with E-state index in [2.05, 4.69) is 20.6 Å². The van der Waals surface area contributed by atoms with Crippen LogP contribution in [0.3, 0.4) is 0 Å². The van der Waals surface area contributed by atoms with Crippen molar-refractivity contribution >= 4 is 44.8 Å². The highest BCUT2D eigenvalue weighted by molar-refractivity contribution is 7.84. The number of hydrogen-bond acceptors (Lipinski definition) is 11. The maximum absolute atomic E-state index is 13.6. The lowest BCUT2D eigenvalue weighted by molar-refractivity contribution is -0.00882. The van der Waals surface area contributed by atoms with Gasteiger partial charge in [-0.2, -0.15) is 13.1 Å². The molecule has 3 heterocycles. The van der Waals surface area contributed by atoms with Crippen LogP contribution in [-0.4, -0.2) is 72.3 Å². The Bertz CT molecular complexity index is 1460. The summed E-state index contributed by atoms with van der Waals surface area (Å²) < 4.78 is 30.5. The second kappa shape index (κ2) is 11.2. The molecular formula is C25H28ClN5O6S2. The van der Waals surface area contributed by atoms with E-state index in [1.807, 2.05) is 40.4 Å². The number of nitrogens with zero attached hydrogens (tertiary/aromatic N) is 2. The van der Waals surface area contributed by atoms with Crippen LogP contribution in [0.25, 0.3) is 0 Å². The fourth-order valence-corrected chi connectivity index (χ4v) is 6.93. The van der Waals surface area contributed by atoms with E-state index in [0.717, 1.165) is 30.5 Å². The van der Waals surface area contributed by atoms with Gasteiger partial charge in [0.1, 0.15) is 30.5 Å². The first kappa shape index (κ1) is 28.1. The summed E-state index contributed by atoms with van der Waals surface area (Å²) in [6.07, 6.45) is 0.416. The van der Waals surface area contributed by atoms with E-state index in [-0.39, 0.29) is 23.6 Å². The smallest absolute Gasteiger partial charge is 0.335 e. The lowest BCUT2D eigenvalue weighted by atomic mass is 9.83. The molecule has 39 heavy (non-hydrogen) atoms. The molecule has 0 bridgehead atoms. The van der Waals surface area contributed by atoms with Gasteiger partial charge in [-0.05, 0) is 54.1 Å². The molecule has 14 heteroatoms. The average Bonchev–Trinajstić information content (AvgIpc) is 3.67. The zero-order chi connectivity index (χ0) is 27.8. The van der Waals surface area contributed by atoms with E-state index in [9.17, 15) is 23.4 Å². The first-order valence-corrected chi connectivity index (χ1v) is 15.0. The van der Waals surface area contributed by atoms with Gasteiger partial charge in [-0.15, -0.1) is 11.3 Å². The Kier molecular flexibility index (Phi) is 8.04. The number of carbonyl (C=O) groups excluding carboxylic acids is 1. The Hall–Kier alpha value is -2.49. The summed E-state index contributed by atoms with van der Waals surface area (Å²) in [5.74, 6) is -0.158. The number of hydrogen-bond donors (Lipinski definition) is 5. The van der Waals surface area contributed by atoms with E-state index in [1.54, 1.807) is 0 Å². The van der Waals surface area contributed by atoms with Gasteiger partial charge in [0.2, 0.25) is 5.78 Å². The number of nitrogens with one attached hydrogen (secondary N) is 3. The van der Waals surface area contributed by atoms with Crippen molar-refractivity contribution in [1.82, 2.24) is 20.0 Å². The van der Waals surface area contributed by atoms with Crippen LogP contribution in [0.15, 0.2) is 48.2 Å². The lowest BCUT2D eigenvalue weighted by Crippen LogP contribution is -2.38. The summed E-state index contributed by atoms with van der Waals surface area (Å²) in [5, 5.41) is 30.1. The van der Waals surface area contributed by atoms with Gasteiger partial charge in [0.25, 0.3) is 0 Å². The zero-order valence-corrected chi connectivity index (χ0v) is 23.3. The number of aliphatic hydroxyl groups excluding tert-OH is 2. The molecule has 208 valence electrons. The average molecular weight is 594 g/mol. The fourth-order valence-electron chi connectivity index (χ4n) is 5.19. The van der Waals surface area contributed by atoms with Gasteiger partial charge in [0, 0.05) is 24.7 Å². The molecule has 0 amide bonds. The van der Waals surface area contributed by atoms with Crippen molar-refractivity contribution in [3.05, 3.63) is 74.8 Å². The number of ketones is 1. The molecule has 1 saturated heterocycles. The summed E-state index contributed by atoms with van der Waals surface area (Å²) in [4.78, 5) is 22.3. The highest BCUT2D eigenvalue weighted by Crippen LogP contribution is 2.41. The van der Waals surface area contributed by atoms with Crippen LogP contribution in [0.2, 0.25) is 5.02 Å². The maximum Gasteiger partial charge on any atom is 0.335 e. The largest absolute Gasteiger partial charge is 0.388 e. The van der Waals surface area contributed by atoms with Crippen LogP contribution in [0.4, 0.5) is 5.82 Å². The van der Waals surface area contributed by atoms with Crippen molar-refractivity contribution in [1.29, 1.82) is 0 Å². The number of benzene rings is 1. The Morgan fingerprint density at radius 2 is 2.08 bits per heavy atom. The Balaban J connectivity index is 1.39. The molecular weight excluding hydrogens is 566 g/mol. The molecule has 5 N–H and O–H groups in total. The number of carbonyl (C=O) groups is 1. The summed E-state index contributed by atoms with van der Waals surface area (Å²) in [7, 11) is -2.91. The van der Waals surface area contributed by atoms with Crippen LogP contribution >= 0.6 is 22.9 Å². The fraction of sp³-hybridized carbons (Fsp3) is 0.400.